The van der Waals surface area contributed by atoms with Gasteiger partial charge in [0.2, 0.25) is 0 Å². The number of hydrogen-bond donors (Lipinski definition) is 1. The molecule has 0 unspecified atom stereocenters. The maximum Gasteiger partial charge on any atom is 0.162 e. The van der Waals surface area contributed by atoms with Crippen LogP contribution in [-0.4, -0.2) is 17.7 Å². The Morgan fingerprint density at radius 3 is 3.25 bits per heavy atom. The van der Waals surface area contributed by atoms with Crippen LogP contribution < -0.4 is 5.32 Å². The van der Waals surface area contributed by atoms with Crippen molar-refractivity contribution in [3.05, 3.63) is 23.6 Å². The largest absolute Gasteiger partial charge is 0.356 e. The summed E-state index contributed by atoms with van der Waals surface area (Å²) in [5.41, 5.74) is 2.30. The lowest BCUT2D eigenvalue weighted by Gasteiger charge is -2.35. The standard InChI is InChI=1S/C13H18N2O/c1-9-7-13(16-15-9)11-5-4-10-3-2-6-14-12(10)8-11/h5,7,10,12,14H,2-4,6,8H2,1H3/t10-,12+/m0/s1. The fourth-order valence-corrected chi connectivity index (χ4v) is 2.87. The number of allylic oxidation sites excluding steroid dienone is 1. The topological polar surface area (TPSA) is 38.1 Å². The van der Waals surface area contributed by atoms with Crippen LogP contribution in [0, 0.1) is 12.8 Å². The van der Waals surface area contributed by atoms with Gasteiger partial charge in [-0.1, -0.05) is 11.2 Å². The van der Waals surface area contributed by atoms with Gasteiger partial charge in [0.05, 0.1) is 5.69 Å². The van der Waals surface area contributed by atoms with Crippen LogP contribution in [0.4, 0.5) is 0 Å². The lowest BCUT2D eigenvalue weighted by Crippen LogP contribution is -2.42. The van der Waals surface area contributed by atoms with E-state index in [1.165, 1.54) is 31.4 Å². The van der Waals surface area contributed by atoms with E-state index in [0.717, 1.165) is 23.8 Å². The molecule has 3 rings (SSSR count). The Balaban J connectivity index is 1.80. The van der Waals surface area contributed by atoms with E-state index in [9.17, 15) is 0 Å². The molecule has 1 aromatic heterocycles. The molecule has 2 aliphatic rings. The third kappa shape index (κ3) is 1.80. The Labute approximate surface area is 95.9 Å². The summed E-state index contributed by atoms with van der Waals surface area (Å²) in [4.78, 5) is 0. The van der Waals surface area contributed by atoms with Crippen molar-refractivity contribution in [3.8, 4) is 0 Å². The molecular formula is C13H18N2O. The molecule has 1 fully saturated rings. The average Bonchev–Trinajstić information content (AvgIpc) is 2.75. The molecule has 1 aromatic rings. The molecular weight excluding hydrogens is 200 g/mol. The minimum absolute atomic E-state index is 0.652. The van der Waals surface area contributed by atoms with Crippen LogP contribution in [-0.2, 0) is 0 Å². The van der Waals surface area contributed by atoms with Crippen molar-refractivity contribution in [1.82, 2.24) is 10.5 Å². The van der Waals surface area contributed by atoms with E-state index in [1.54, 1.807) is 0 Å². The summed E-state index contributed by atoms with van der Waals surface area (Å²) in [5.74, 6) is 1.80. The monoisotopic (exact) mass is 218 g/mol. The van der Waals surface area contributed by atoms with Crippen molar-refractivity contribution in [1.29, 1.82) is 0 Å². The molecule has 86 valence electrons. The number of piperidine rings is 1. The van der Waals surface area contributed by atoms with E-state index >= 15 is 0 Å². The minimum Gasteiger partial charge on any atom is -0.356 e. The van der Waals surface area contributed by atoms with Crippen LogP contribution in [0.3, 0.4) is 0 Å². The molecule has 0 radical (unpaired) electrons. The van der Waals surface area contributed by atoms with Crippen LogP contribution in [0.1, 0.15) is 37.1 Å². The van der Waals surface area contributed by atoms with E-state index < -0.39 is 0 Å². The van der Waals surface area contributed by atoms with Gasteiger partial charge in [-0.25, -0.2) is 0 Å². The number of aryl methyl sites for hydroxylation is 1. The number of nitrogens with zero attached hydrogens (tertiary/aromatic N) is 1. The molecule has 1 aliphatic heterocycles. The quantitative estimate of drug-likeness (QED) is 0.787. The minimum atomic E-state index is 0.652. The summed E-state index contributed by atoms with van der Waals surface area (Å²) in [6.07, 6.45) is 7.32. The van der Waals surface area contributed by atoms with Crippen LogP contribution in [0.2, 0.25) is 0 Å². The van der Waals surface area contributed by atoms with Gasteiger partial charge in [0.15, 0.2) is 5.76 Å². The lowest BCUT2D eigenvalue weighted by atomic mass is 9.79. The Kier molecular flexibility index (Phi) is 2.56. The first-order valence-corrected chi connectivity index (χ1v) is 6.19. The van der Waals surface area contributed by atoms with Gasteiger partial charge in [0, 0.05) is 12.1 Å². The summed E-state index contributed by atoms with van der Waals surface area (Å²) in [7, 11) is 0. The first-order chi connectivity index (χ1) is 7.83. The second-order valence-electron chi connectivity index (χ2n) is 4.96. The maximum atomic E-state index is 5.34. The zero-order valence-corrected chi connectivity index (χ0v) is 9.70. The van der Waals surface area contributed by atoms with E-state index in [1.807, 2.05) is 13.0 Å². The summed E-state index contributed by atoms with van der Waals surface area (Å²) in [5, 5.41) is 7.58. The van der Waals surface area contributed by atoms with Crippen molar-refractivity contribution in [2.75, 3.05) is 6.54 Å². The molecule has 1 N–H and O–H groups in total. The first-order valence-electron chi connectivity index (χ1n) is 6.19. The second kappa shape index (κ2) is 4.06. The molecule has 0 spiro atoms. The third-order valence-corrected chi connectivity index (χ3v) is 3.78. The Bertz CT molecular complexity index is 408. The predicted molar refractivity (Wildman–Crippen MR) is 63.0 cm³/mol. The maximum absolute atomic E-state index is 5.34. The lowest BCUT2D eigenvalue weighted by molar-refractivity contribution is 0.275. The van der Waals surface area contributed by atoms with Crippen LogP contribution in [0.25, 0.3) is 5.57 Å². The second-order valence-corrected chi connectivity index (χ2v) is 4.96. The van der Waals surface area contributed by atoms with Crippen molar-refractivity contribution in [2.24, 2.45) is 5.92 Å². The van der Waals surface area contributed by atoms with Gasteiger partial charge in [0.1, 0.15) is 0 Å². The van der Waals surface area contributed by atoms with Gasteiger partial charge in [-0.3, -0.25) is 0 Å². The molecule has 0 saturated carbocycles. The highest BCUT2D eigenvalue weighted by Gasteiger charge is 2.29. The highest BCUT2D eigenvalue weighted by Crippen LogP contribution is 2.34. The summed E-state index contributed by atoms with van der Waals surface area (Å²) >= 11 is 0. The van der Waals surface area contributed by atoms with Crippen molar-refractivity contribution >= 4 is 5.57 Å². The fraction of sp³-hybridized carbons (Fsp3) is 0.615. The van der Waals surface area contributed by atoms with E-state index in [0.29, 0.717) is 6.04 Å². The molecule has 2 heterocycles. The normalized spacial score (nSPS) is 29.7. The predicted octanol–water partition coefficient (Wildman–Crippen LogP) is 2.53. The molecule has 3 nitrogen and oxygen atoms in total. The van der Waals surface area contributed by atoms with E-state index in [2.05, 4.69) is 16.5 Å². The van der Waals surface area contributed by atoms with Gasteiger partial charge in [-0.05, 0) is 50.6 Å². The molecule has 3 heteroatoms. The summed E-state index contributed by atoms with van der Waals surface area (Å²) in [6.45, 7) is 3.14. The Hall–Kier alpha value is -1.09. The zero-order valence-electron chi connectivity index (χ0n) is 9.70. The average molecular weight is 218 g/mol. The first kappa shape index (κ1) is 10.1. The number of fused-ring (bicyclic) bond motifs is 1. The molecule has 16 heavy (non-hydrogen) atoms. The highest BCUT2D eigenvalue weighted by atomic mass is 16.5. The van der Waals surface area contributed by atoms with Gasteiger partial charge < -0.3 is 9.84 Å². The van der Waals surface area contributed by atoms with Crippen molar-refractivity contribution < 1.29 is 4.52 Å². The number of hydrogen-bond acceptors (Lipinski definition) is 3. The Morgan fingerprint density at radius 1 is 1.50 bits per heavy atom. The van der Waals surface area contributed by atoms with E-state index in [-0.39, 0.29) is 0 Å². The summed E-state index contributed by atoms with van der Waals surface area (Å²) < 4.78 is 5.34. The van der Waals surface area contributed by atoms with Crippen LogP contribution in [0.15, 0.2) is 16.7 Å². The smallest absolute Gasteiger partial charge is 0.162 e. The third-order valence-electron chi connectivity index (χ3n) is 3.78. The van der Waals surface area contributed by atoms with Crippen molar-refractivity contribution in [2.45, 2.75) is 38.6 Å². The van der Waals surface area contributed by atoms with Crippen LogP contribution >= 0.6 is 0 Å². The van der Waals surface area contributed by atoms with Gasteiger partial charge in [0.25, 0.3) is 0 Å². The van der Waals surface area contributed by atoms with Gasteiger partial charge >= 0.3 is 0 Å². The highest BCUT2D eigenvalue weighted by molar-refractivity contribution is 5.63. The SMILES string of the molecule is Cc1cc(C2=CC[C@@H]3CCCN[C@@H]3C2)on1. The van der Waals surface area contributed by atoms with Crippen molar-refractivity contribution in [3.63, 3.8) is 0 Å². The Morgan fingerprint density at radius 2 is 2.44 bits per heavy atom. The van der Waals surface area contributed by atoms with Gasteiger partial charge in [-0.2, -0.15) is 0 Å². The number of aromatic nitrogens is 1. The number of nitrogens with one attached hydrogen (secondary N) is 1. The number of rotatable bonds is 1. The molecule has 0 aromatic carbocycles. The van der Waals surface area contributed by atoms with Crippen LogP contribution in [0.5, 0.6) is 0 Å². The fourth-order valence-electron chi connectivity index (χ4n) is 2.87. The summed E-state index contributed by atoms with van der Waals surface area (Å²) in [6, 6.07) is 2.69. The molecule has 0 bridgehead atoms. The molecule has 2 atom stereocenters. The molecule has 1 aliphatic carbocycles. The zero-order chi connectivity index (χ0) is 11.0. The van der Waals surface area contributed by atoms with Gasteiger partial charge in [-0.15, -0.1) is 0 Å². The van der Waals surface area contributed by atoms with E-state index in [4.69, 9.17) is 4.52 Å². The molecule has 0 amide bonds. The molecule has 1 saturated heterocycles.